The van der Waals surface area contributed by atoms with Crippen LogP contribution in [-0.4, -0.2) is 21.9 Å². The summed E-state index contributed by atoms with van der Waals surface area (Å²) in [6.07, 6.45) is 0. The summed E-state index contributed by atoms with van der Waals surface area (Å²) in [5.41, 5.74) is 5.08. The van der Waals surface area contributed by atoms with Crippen LogP contribution >= 0.6 is 11.6 Å². The van der Waals surface area contributed by atoms with E-state index in [1.165, 1.54) is 6.07 Å². The Kier molecular flexibility index (Phi) is 3.24. The molecule has 1 unspecified atom stereocenters. The molecule has 0 fully saturated rings. The van der Waals surface area contributed by atoms with E-state index >= 15 is 0 Å². The first-order valence-electron chi connectivity index (χ1n) is 4.06. The molecule has 0 saturated heterocycles. The van der Waals surface area contributed by atoms with Crippen molar-refractivity contribution >= 4 is 23.3 Å². The van der Waals surface area contributed by atoms with E-state index < -0.39 is 11.9 Å². The van der Waals surface area contributed by atoms with Crippen molar-refractivity contribution in [1.82, 2.24) is 9.97 Å². The lowest BCUT2D eigenvalue weighted by Gasteiger charge is -2.10. The summed E-state index contributed by atoms with van der Waals surface area (Å²) in [7, 11) is 0. The second-order valence-corrected chi connectivity index (χ2v) is 3.28. The fraction of sp³-hybridized carbons (Fsp3) is 0.375. The largest absolute Gasteiger partial charge is 0.368 e. The van der Waals surface area contributed by atoms with Crippen molar-refractivity contribution in [2.24, 2.45) is 5.73 Å². The van der Waals surface area contributed by atoms with Gasteiger partial charge in [0.2, 0.25) is 5.91 Å². The van der Waals surface area contributed by atoms with Crippen molar-refractivity contribution in [3.8, 4) is 0 Å². The molecule has 0 bridgehead atoms. The number of primary amides is 1. The third kappa shape index (κ3) is 2.85. The van der Waals surface area contributed by atoms with Crippen molar-refractivity contribution in [1.29, 1.82) is 0 Å². The molecule has 14 heavy (non-hydrogen) atoms. The molecule has 6 heteroatoms. The van der Waals surface area contributed by atoms with Crippen molar-refractivity contribution in [2.75, 3.05) is 5.32 Å². The minimum atomic E-state index is -0.486. The molecule has 1 aromatic rings. The molecule has 0 aliphatic carbocycles. The van der Waals surface area contributed by atoms with E-state index in [1.54, 1.807) is 13.8 Å². The molecule has 1 amide bonds. The van der Waals surface area contributed by atoms with Gasteiger partial charge in [0.25, 0.3) is 0 Å². The lowest BCUT2D eigenvalue weighted by Crippen LogP contribution is -2.32. The number of halogens is 1. The molecule has 76 valence electrons. The second kappa shape index (κ2) is 4.23. The molecule has 3 N–H and O–H groups in total. The summed E-state index contributed by atoms with van der Waals surface area (Å²) >= 11 is 5.71. The standard InChI is InChI=1S/C8H11ClN4O/c1-4(8(10)14)11-7-3-6(9)12-5(2)13-7/h3-4H,1-2H3,(H2,10,14)(H,11,12,13). The highest BCUT2D eigenvalue weighted by molar-refractivity contribution is 6.29. The van der Waals surface area contributed by atoms with Gasteiger partial charge in [0.1, 0.15) is 22.8 Å². The van der Waals surface area contributed by atoms with Gasteiger partial charge in [-0.25, -0.2) is 9.97 Å². The number of nitrogens with one attached hydrogen (secondary N) is 1. The Labute approximate surface area is 86.7 Å². The Morgan fingerprint density at radius 3 is 2.79 bits per heavy atom. The van der Waals surface area contributed by atoms with Crippen LogP contribution < -0.4 is 11.1 Å². The molecule has 1 aromatic heterocycles. The Bertz CT molecular complexity index is 335. The van der Waals surface area contributed by atoms with Gasteiger partial charge in [-0.05, 0) is 13.8 Å². The first-order valence-corrected chi connectivity index (χ1v) is 4.44. The zero-order valence-corrected chi connectivity index (χ0v) is 8.67. The van der Waals surface area contributed by atoms with E-state index in [-0.39, 0.29) is 0 Å². The number of anilines is 1. The number of hydrogen-bond acceptors (Lipinski definition) is 4. The van der Waals surface area contributed by atoms with Gasteiger partial charge < -0.3 is 11.1 Å². The number of carbonyl (C=O) groups excluding carboxylic acids is 1. The van der Waals surface area contributed by atoms with Crippen molar-refractivity contribution in [2.45, 2.75) is 19.9 Å². The van der Waals surface area contributed by atoms with Crippen LogP contribution in [0.25, 0.3) is 0 Å². The zero-order valence-electron chi connectivity index (χ0n) is 7.91. The zero-order chi connectivity index (χ0) is 10.7. The normalized spacial score (nSPS) is 12.2. The molecule has 1 atom stereocenters. The highest BCUT2D eigenvalue weighted by Crippen LogP contribution is 2.11. The van der Waals surface area contributed by atoms with Crippen LogP contribution in [0.5, 0.6) is 0 Å². The summed E-state index contributed by atoms with van der Waals surface area (Å²) in [4.78, 5) is 18.7. The first-order chi connectivity index (χ1) is 6.49. The number of aromatic nitrogens is 2. The molecule has 0 spiro atoms. The second-order valence-electron chi connectivity index (χ2n) is 2.89. The van der Waals surface area contributed by atoms with E-state index in [9.17, 15) is 4.79 Å². The average molecular weight is 215 g/mol. The number of hydrogen-bond donors (Lipinski definition) is 2. The first kappa shape index (κ1) is 10.7. The molecular weight excluding hydrogens is 204 g/mol. The summed E-state index contributed by atoms with van der Waals surface area (Å²) < 4.78 is 0. The van der Waals surface area contributed by atoms with E-state index in [4.69, 9.17) is 17.3 Å². The van der Waals surface area contributed by atoms with Crippen LogP contribution in [0.3, 0.4) is 0 Å². The number of rotatable bonds is 3. The summed E-state index contributed by atoms with van der Waals surface area (Å²) in [6, 6.07) is 1.05. The molecule has 1 rings (SSSR count). The summed E-state index contributed by atoms with van der Waals surface area (Å²) in [5, 5.41) is 3.14. The maximum absolute atomic E-state index is 10.8. The van der Waals surface area contributed by atoms with Crippen LogP contribution in [0, 0.1) is 6.92 Å². The topological polar surface area (TPSA) is 80.9 Å². The fourth-order valence-corrected chi connectivity index (χ4v) is 1.12. The van der Waals surface area contributed by atoms with E-state index in [0.717, 1.165) is 0 Å². The molecule has 0 saturated carbocycles. The molecule has 5 nitrogen and oxygen atoms in total. The minimum absolute atomic E-state index is 0.330. The van der Waals surface area contributed by atoms with Gasteiger partial charge in [0.05, 0.1) is 0 Å². The molecule has 0 radical (unpaired) electrons. The third-order valence-corrected chi connectivity index (χ3v) is 1.79. The smallest absolute Gasteiger partial charge is 0.239 e. The van der Waals surface area contributed by atoms with Gasteiger partial charge in [-0.3, -0.25) is 4.79 Å². The summed E-state index contributed by atoms with van der Waals surface area (Å²) in [5.74, 6) is 0.586. The van der Waals surface area contributed by atoms with Crippen LogP contribution in [0.2, 0.25) is 5.15 Å². The van der Waals surface area contributed by atoms with Gasteiger partial charge in [-0.15, -0.1) is 0 Å². The van der Waals surface area contributed by atoms with Gasteiger partial charge in [0.15, 0.2) is 0 Å². The van der Waals surface area contributed by atoms with Gasteiger partial charge in [-0.1, -0.05) is 11.6 Å². The molecule has 0 aromatic carbocycles. The van der Waals surface area contributed by atoms with Crippen LogP contribution in [0.1, 0.15) is 12.7 Å². The number of aryl methyl sites for hydroxylation is 1. The van der Waals surface area contributed by atoms with Crippen LogP contribution in [0.4, 0.5) is 5.82 Å². The van der Waals surface area contributed by atoms with E-state index in [2.05, 4.69) is 15.3 Å². The number of amides is 1. The predicted molar refractivity (Wildman–Crippen MR) is 54.1 cm³/mol. The van der Waals surface area contributed by atoms with E-state index in [0.29, 0.717) is 16.8 Å². The lowest BCUT2D eigenvalue weighted by atomic mass is 10.3. The Morgan fingerprint density at radius 1 is 1.64 bits per heavy atom. The Balaban J connectivity index is 2.81. The van der Waals surface area contributed by atoms with Gasteiger partial charge in [-0.2, -0.15) is 0 Å². The van der Waals surface area contributed by atoms with Gasteiger partial charge >= 0.3 is 0 Å². The number of nitrogens with two attached hydrogens (primary N) is 1. The van der Waals surface area contributed by atoms with Crippen LogP contribution in [0.15, 0.2) is 6.07 Å². The maximum Gasteiger partial charge on any atom is 0.239 e. The monoisotopic (exact) mass is 214 g/mol. The fourth-order valence-electron chi connectivity index (χ4n) is 0.898. The minimum Gasteiger partial charge on any atom is -0.368 e. The highest BCUT2D eigenvalue weighted by Gasteiger charge is 2.09. The Morgan fingerprint density at radius 2 is 2.29 bits per heavy atom. The maximum atomic E-state index is 10.8. The molecule has 0 aliphatic heterocycles. The SMILES string of the molecule is Cc1nc(Cl)cc(NC(C)C(N)=O)n1. The third-order valence-electron chi connectivity index (χ3n) is 1.60. The number of carbonyl (C=O) groups is 1. The Hall–Kier alpha value is -1.36. The average Bonchev–Trinajstić information content (AvgIpc) is 2.01. The van der Waals surface area contributed by atoms with Crippen LogP contribution in [-0.2, 0) is 4.79 Å². The molecule has 0 aliphatic rings. The van der Waals surface area contributed by atoms with Crippen molar-refractivity contribution < 1.29 is 4.79 Å². The lowest BCUT2D eigenvalue weighted by molar-refractivity contribution is -0.118. The summed E-state index contributed by atoms with van der Waals surface area (Å²) in [6.45, 7) is 3.36. The van der Waals surface area contributed by atoms with E-state index in [1.807, 2.05) is 0 Å². The quantitative estimate of drug-likeness (QED) is 0.727. The number of nitrogens with zero attached hydrogens (tertiary/aromatic N) is 2. The molecule has 1 heterocycles. The van der Waals surface area contributed by atoms with Gasteiger partial charge in [0, 0.05) is 6.07 Å². The van der Waals surface area contributed by atoms with Crippen molar-refractivity contribution in [3.05, 3.63) is 17.0 Å². The highest BCUT2D eigenvalue weighted by atomic mass is 35.5. The molecular formula is C8H11ClN4O. The van der Waals surface area contributed by atoms with Crippen molar-refractivity contribution in [3.63, 3.8) is 0 Å². The predicted octanol–water partition coefficient (Wildman–Crippen LogP) is 0.724.